The summed E-state index contributed by atoms with van der Waals surface area (Å²) in [5.74, 6) is -0.0192. The Morgan fingerprint density at radius 3 is 2.70 bits per heavy atom. The molecule has 27 heavy (non-hydrogen) atoms. The molecule has 0 spiro atoms. The Morgan fingerprint density at radius 1 is 1.22 bits per heavy atom. The molecule has 1 saturated heterocycles. The lowest BCUT2D eigenvalue weighted by atomic mass is 9.99. The number of nitrogens with zero attached hydrogens (tertiary/aromatic N) is 2. The highest BCUT2D eigenvalue weighted by Crippen LogP contribution is 2.24. The molecule has 3 rings (SSSR count). The molecule has 0 atom stereocenters. The second-order valence-corrected chi connectivity index (χ2v) is 6.82. The SMILES string of the molecule is CCOC(=O)c1ccccc1NC(=O)c1cncc(N2CCC(C)CC2)c1. The van der Waals surface area contributed by atoms with E-state index in [0.717, 1.165) is 37.5 Å². The lowest BCUT2D eigenvalue weighted by Crippen LogP contribution is -2.33. The second kappa shape index (κ2) is 8.66. The molecule has 1 aromatic heterocycles. The Bertz CT molecular complexity index is 814. The molecule has 2 heterocycles. The van der Waals surface area contributed by atoms with Crippen LogP contribution < -0.4 is 10.2 Å². The maximum atomic E-state index is 12.7. The summed E-state index contributed by atoms with van der Waals surface area (Å²) in [6, 6.07) is 8.68. The number of pyridine rings is 1. The summed E-state index contributed by atoms with van der Waals surface area (Å²) in [6.07, 6.45) is 5.62. The normalized spacial score (nSPS) is 14.7. The van der Waals surface area contributed by atoms with Gasteiger partial charge in [0.1, 0.15) is 0 Å². The van der Waals surface area contributed by atoms with E-state index < -0.39 is 5.97 Å². The van der Waals surface area contributed by atoms with Crippen LogP contribution in [-0.4, -0.2) is 36.6 Å². The molecular weight excluding hydrogens is 342 g/mol. The quantitative estimate of drug-likeness (QED) is 0.815. The molecule has 0 unspecified atom stereocenters. The van der Waals surface area contributed by atoms with Crippen LogP contribution in [0.15, 0.2) is 42.7 Å². The zero-order valence-electron chi connectivity index (χ0n) is 15.8. The van der Waals surface area contributed by atoms with Crippen LogP contribution in [-0.2, 0) is 4.74 Å². The first kappa shape index (κ1) is 18.9. The van der Waals surface area contributed by atoms with E-state index in [2.05, 4.69) is 22.1 Å². The van der Waals surface area contributed by atoms with Crippen molar-refractivity contribution >= 4 is 23.3 Å². The van der Waals surface area contributed by atoms with Gasteiger partial charge in [-0.15, -0.1) is 0 Å². The molecule has 1 N–H and O–H groups in total. The molecule has 0 radical (unpaired) electrons. The van der Waals surface area contributed by atoms with Crippen LogP contribution in [0, 0.1) is 5.92 Å². The molecule has 0 aliphatic carbocycles. The van der Waals surface area contributed by atoms with Crippen molar-refractivity contribution in [3.8, 4) is 0 Å². The van der Waals surface area contributed by atoms with E-state index in [-0.39, 0.29) is 12.5 Å². The number of amides is 1. The summed E-state index contributed by atoms with van der Waals surface area (Å²) in [4.78, 5) is 31.3. The van der Waals surface area contributed by atoms with Crippen molar-refractivity contribution in [3.05, 3.63) is 53.9 Å². The van der Waals surface area contributed by atoms with Gasteiger partial charge in [-0.2, -0.15) is 0 Å². The van der Waals surface area contributed by atoms with Gasteiger partial charge in [0.2, 0.25) is 0 Å². The predicted molar refractivity (Wildman–Crippen MR) is 105 cm³/mol. The maximum Gasteiger partial charge on any atom is 0.340 e. The number of nitrogens with one attached hydrogen (secondary N) is 1. The number of esters is 1. The first-order valence-corrected chi connectivity index (χ1v) is 9.36. The van der Waals surface area contributed by atoms with Gasteiger partial charge in [0, 0.05) is 19.3 Å². The Balaban J connectivity index is 1.76. The van der Waals surface area contributed by atoms with Crippen LogP contribution in [0.4, 0.5) is 11.4 Å². The number of ether oxygens (including phenoxy) is 1. The lowest BCUT2D eigenvalue weighted by Gasteiger charge is -2.32. The number of aromatic nitrogens is 1. The average molecular weight is 367 g/mol. The number of hydrogen-bond donors (Lipinski definition) is 1. The molecular formula is C21H25N3O3. The summed E-state index contributed by atoms with van der Waals surface area (Å²) >= 11 is 0. The van der Waals surface area contributed by atoms with Crippen molar-refractivity contribution in [2.45, 2.75) is 26.7 Å². The third-order valence-electron chi connectivity index (χ3n) is 4.81. The highest BCUT2D eigenvalue weighted by atomic mass is 16.5. The van der Waals surface area contributed by atoms with E-state index in [1.54, 1.807) is 43.6 Å². The van der Waals surface area contributed by atoms with Gasteiger partial charge >= 0.3 is 5.97 Å². The zero-order chi connectivity index (χ0) is 19.2. The summed E-state index contributed by atoms with van der Waals surface area (Å²) in [5, 5.41) is 2.81. The summed E-state index contributed by atoms with van der Waals surface area (Å²) < 4.78 is 5.05. The third-order valence-corrected chi connectivity index (χ3v) is 4.81. The molecule has 0 saturated carbocycles. The number of benzene rings is 1. The fraction of sp³-hybridized carbons (Fsp3) is 0.381. The van der Waals surface area contributed by atoms with Gasteiger partial charge in [0.05, 0.1) is 35.3 Å². The van der Waals surface area contributed by atoms with E-state index in [0.29, 0.717) is 16.8 Å². The smallest absolute Gasteiger partial charge is 0.340 e. The number of para-hydroxylation sites is 1. The maximum absolute atomic E-state index is 12.7. The second-order valence-electron chi connectivity index (χ2n) is 6.82. The van der Waals surface area contributed by atoms with E-state index in [9.17, 15) is 9.59 Å². The third kappa shape index (κ3) is 4.64. The summed E-state index contributed by atoms with van der Waals surface area (Å²) in [6.45, 7) is 6.23. The number of rotatable bonds is 5. The molecule has 0 bridgehead atoms. The predicted octanol–water partition coefficient (Wildman–Crippen LogP) is 3.75. The molecule has 1 aliphatic rings. The van der Waals surface area contributed by atoms with Crippen molar-refractivity contribution in [2.75, 3.05) is 29.9 Å². The molecule has 6 heteroatoms. The van der Waals surface area contributed by atoms with Crippen LogP contribution in [0.5, 0.6) is 0 Å². The van der Waals surface area contributed by atoms with Gasteiger partial charge in [-0.1, -0.05) is 19.1 Å². The van der Waals surface area contributed by atoms with Gasteiger partial charge in [-0.05, 0) is 43.9 Å². The fourth-order valence-corrected chi connectivity index (χ4v) is 3.17. The largest absolute Gasteiger partial charge is 0.462 e. The number of carbonyl (C=O) groups is 2. The van der Waals surface area contributed by atoms with E-state index in [1.807, 2.05) is 6.07 Å². The van der Waals surface area contributed by atoms with Crippen LogP contribution in [0.3, 0.4) is 0 Å². The van der Waals surface area contributed by atoms with E-state index in [1.165, 1.54) is 0 Å². The van der Waals surface area contributed by atoms with Gasteiger partial charge in [-0.25, -0.2) is 4.79 Å². The van der Waals surface area contributed by atoms with Gasteiger partial charge < -0.3 is 15.0 Å². The number of piperidine rings is 1. The number of anilines is 2. The summed E-state index contributed by atoms with van der Waals surface area (Å²) in [7, 11) is 0. The Labute approximate surface area is 159 Å². The highest BCUT2D eigenvalue weighted by molar-refractivity contribution is 6.08. The minimum absolute atomic E-state index is 0.279. The topological polar surface area (TPSA) is 71.5 Å². The van der Waals surface area contributed by atoms with Crippen LogP contribution in [0.1, 0.15) is 47.4 Å². The van der Waals surface area contributed by atoms with Gasteiger partial charge in [-0.3, -0.25) is 9.78 Å². The number of hydrogen-bond acceptors (Lipinski definition) is 5. The molecule has 1 aliphatic heterocycles. The lowest BCUT2D eigenvalue weighted by molar-refractivity contribution is 0.0527. The molecule has 142 valence electrons. The van der Waals surface area contributed by atoms with Crippen molar-refractivity contribution in [2.24, 2.45) is 5.92 Å². The first-order valence-electron chi connectivity index (χ1n) is 9.36. The van der Waals surface area contributed by atoms with Crippen LogP contribution >= 0.6 is 0 Å². The first-order chi connectivity index (χ1) is 13.1. The average Bonchev–Trinajstić information content (AvgIpc) is 2.69. The molecule has 1 aromatic carbocycles. The zero-order valence-corrected chi connectivity index (χ0v) is 15.8. The minimum Gasteiger partial charge on any atom is -0.462 e. The highest BCUT2D eigenvalue weighted by Gasteiger charge is 2.19. The molecule has 1 fully saturated rings. The molecule has 1 amide bonds. The van der Waals surface area contributed by atoms with Crippen LogP contribution in [0.2, 0.25) is 0 Å². The number of carbonyl (C=O) groups excluding carboxylic acids is 2. The van der Waals surface area contributed by atoms with Crippen molar-refractivity contribution < 1.29 is 14.3 Å². The van der Waals surface area contributed by atoms with E-state index in [4.69, 9.17) is 4.74 Å². The standard InChI is InChI=1S/C21H25N3O3/c1-3-27-21(26)18-6-4-5-7-19(18)23-20(25)16-12-17(14-22-13-16)24-10-8-15(2)9-11-24/h4-7,12-15H,3,8-11H2,1-2H3,(H,23,25). The fourth-order valence-electron chi connectivity index (χ4n) is 3.17. The summed E-state index contributed by atoms with van der Waals surface area (Å²) in [5.41, 5.74) is 2.18. The van der Waals surface area contributed by atoms with Crippen molar-refractivity contribution in [3.63, 3.8) is 0 Å². The van der Waals surface area contributed by atoms with Crippen LogP contribution in [0.25, 0.3) is 0 Å². The van der Waals surface area contributed by atoms with Crippen molar-refractivity contribution in [1.29, 1.82) is 0 Å². The monoisotopic (exact) mass is 367 g/mol. The van der Waals surface area contributed by atoms with Crippen molar-refractivity contribution in [1.82, 2.24) is 4.98 Å². The van der Waals surface area contributed by atoms with Gasteiger partial charge in [0.25, 0.3) is 5.91 Å². The Kier molecular flexibility index (Phi) is 6.06. The van der Waals surface area contributed by atoms with Gasteiger partial charge in [0.15, 0.2) is 0 Å². The Morgan fingerprint density at radius 2 is 1.96 bits per heavy atom. The molecule has 2 aromatic rings. The Hall–Kier alpha value is -2.89. The molecule has 6 nitrogen and oxygen atoms in total. The van der Waals surface area contributed by atoms with E-state index >= 15 is 0 Å². The minimum atomic E-state index is -0.456.